The normalized spacial score (nSPS) is 16.0. The fraction of sp³-hybridized carbons (Fsp3) is 0. The molecule has 0 fully saturated rings. The summed E-state index contributed by atoms with van der Waals surface area (Å²) in [7, 11) is 0. The maximum atomic E-state index is 11.9. The highest BCUT2D eigenvalue weighted by molar-refractivity contribution is 6.14. The Hall–Kier alpha value is -2.49. The predicted molar refractivity (Wildman–Crippen MR) is 59.8 cm³/mol. The fourth-order valence-electron chi connectivity index (χ4n) is 1.68. The van der Waals surface area contributed by atoms with Gasteiger partial charge >= 0.3 is 0 Å². The van der Waals surface area contributed by atoms with Crippen molar-refractivity contribution in [3.05, 3.63) is 53.7 Å². The van der Waals surface area contributed by atoms with Gasteiger partial charge in [-0.3, -0.25) is 4.79 Å². The van der Waals surface area contributed by atoms with E-state index in [2.05, 4.69) is 0 Å². The lowest BCUT2D eigenvalue weighted by molar-refractivity contribution is 0.101. The maximum Gasteiger partial charge on any atom is 0.232 e. The number of aromatic hydroxyl groups is 1. The first-order chi connectivity index (χ1) is 8.24. The van der Waals surface area contributed by atoms with E-state index in [0.717, 1.165) is 0 Å². The smallest absolute Gasteiger partial charge is 0.232 e. The number of ether oxygens (including phenoxy) is 1. The minimum Gasteiger partial charge on any atom is -0.508 e. The average molecular weight is 228 g/mol. The van der Waals surface area contributed by atoms with Crippen LogP contribution in [0.2, 0.25) is 0 Å². The van der Waals surface area contributed by atoms with Crippen LogP contribution in [0.25, 0.3) is 6.08 Å². The van der Waals surface area contributed by atoms with Crippen LogP contribution in [0.4, 0.5) is 0 Å². The minimum atomic E-state index is -0.212. The third-order valence-corrected chi connectivity index (χ3v) is 2.47. The lowest BCUT2D eigenvalue weighted by Crippen LogP contribution is -1.97. The van der Waals surface area contributed by atoms with Gasteiger partial charge in [-0.1, -0.05) is 0 Å². The van der Waals surface area contributed by atoms with Crippen molar-refractivity contribution >= 4 is 11.9 Å². The number of fused-ring (bicyclic) bond motifs is 1. The third kappa shape index (κ3) is 1.59. The molecular formula is C13H8O4. The molecule has 3 rings (SSSR count). The van der Waals surface area contributed by atoms with Crippen molar-refractivity contribution in [2.75, 3.05) is 0 Å². The molecular weight excluding hydrogens is 220 g/mol. The molecule has 0 spiro atoms. The monoisotopic (exact) mass is 228 g/mol. The molecule has 0 atom stereocenters. The van der Waals surface area contributed by atoms with Crippen molar-refractivity contribution in [3.63, 3.8) is 0 Å². The zero-order valence-electron chi connectivity index (χ0n) is 8.71. The van der Waals surface area contributed by atoms with Crippen LogP contribution in [0.15, 0.2) is 46.8 Å². The van der Waals surface area contributed by atoms with E-state index in [1.165, 1.54) is 30.5 Å². The van der Waals surface area contributed by atoms with Gasteiger partial charge in [0.15, 0.2) is 5.76 Å². The standard InChI is InChI=1S/C13H8O4/c14-8-3-4-10-11(6-8)17-12(13(10)15)7-9-2-1-5-16-9/h1-7,14H/b12-7+. The largest absolute Gasteiger partial charge is 0.508 e. The van der Waals surface area contributed by atoms with Gasteiger partial charge in [0.05, 0.1) is 11.8 Å². The molecule has 4 nitrogen and oxygen atoms in total. The number of ketones is 1. The second-order valence-corrected chi connectivity index (χ2v) is 3.64. The molecule has 1 aromatic carbocycles. The SMILES string of the molecule is O=C1/C(=C\c2ccco2)Oc2cc(O)ccc21. The van der Waals surface area contributed by atoms with Gasteiger partial charge in [-0.2, -0.15) is 0 Å². The van der Waals surface area contributed by atoms with Crippen molar-refractivity contribution in [2.24, 2.45) is 0 Å². The van der Waals surface area contributed by atoms with Crippen molar-refractivity contribution in [1.82, 2.24) is 0 Å². The number of Topliss-reactive ketones (excluding diaryl/α,β-unsaturated/α-hetero) is 1. The summed E-state index contributed by atoms with van der Waals surface area (Å²) in [5.41, 5.74) is 0.445. The summed E-state index contributed by atoms with van der Waals surface area (Å²) in [5.74, 6) is 0.964. The van der Waals surface area contributed by atoms with Crippen LogP contribution < -0.4 is 4.74 Å². The van der Waals surface area contributed by atoms with Crippen LogP contribution in [0, 0.1) is 0 Å². The Kier molecular flexibility index (Phi) is 2.01. The third-order valence-electron chi connectivity index (χ3n) is 2.47. The van der Waals surface area contributed by atoms with Gasteiger partial charge in [-0.05, 0) is 24.3 Å². The molecule has 0 unspecified atom stereocenters. The Morgan fingerprint density at radius 2 is 2.12 bits per heavy atom. The topological polar surface area (TPSA) is 59.7 Å². The van der Waals surface area contributed by atoms with Gasteiger partial charge in [0.2, 0.25) is 5.78 Å². The molecule has 2 aromatic rings. The molecule has 0 saturated heterocycles. The first-order valence-corrected chi connectivity index (χ1v) is 5.05. The molecule has 0 saturated carbocycles. The second-order valence-electron chi connectivity index (χ2n) is 3.64. The van der Waals surface area contributed by atoms with Crippen molar-refractivity contribution in [2.45, 2.75) is 0 Å². The summed E-state index contributed by atoms with van der Waals surface area (Å²) in [4.78, 5) is 11.9. The summed E-state index contributed by atoms with van der Waals surface area (Å²) in [6, 6.07) is 7.86. The van der Waals surface area contributed by atoms with Gasteiger partial charge < -0.3 is 14.3 Å². The Labute approximate surface area is 96.8 Å². The van der Waals surface area contributed by atoms with Gasteiger partial charge in [0.1, 0.15) is 17.3 Å². The van der Waals surface area contributed by atoms with E-state index in [0.29, 0.717) is 17.1 Å². The number of carbonyl (C=O) groups excluding carboxylic acids is 1. The van der Waals surface area contributed by atoms with Crippen LogP contribution in [0.3, 0.4) is 0 Å². The van der Waals surface area contributed by atoms with Crippen molar-refractivity contribution in [3.8, 4) is 11.5 Å². The van der Waals surface area contributed by atoms with Gasteiger partial charge in [0, 0.05) is 12.1 Å². The summed E-state index contributed by atoms with van der Waals surface area (Å²) in [5, 5.41) is 9.30. The summed E-state index contributed by atoms with van der Waals surface area (Å²) in [6.07, 6.45) is 3.05. The molecule has 4 heteroatoms. The summed E-state index contributed by atoms with van der Waals surface area (Å²) >= 11 is 0. The number of hydrogen-bond acceptors (Lipinski definition) is 4. The van der Waals surface area contributed by atoms with Gasteiger partial charge in [-0.15, -0.1) is 0 Å². The second kappa shape index (κ2) is 3.52. The van der Waals surface area contributed by atoms with Gasteiger partial charge in [-0.25, -0.2) is 0 Å². The highest BCUT2D eigenvalue weighted by Crippen LogP contribution is 2.34. The number of furan rings is 1. The zero-order chi connectivity index (χ0) is 11.8. The summed E-state index contributed by atoms with van der Waals surface area (Å²) in [6.45, 7) is 0. The molecule has 1 aliphatic rings. The molecule has 0 radical (unpaired) electrons. The van der Waals surface area contributed by atoms with Gasteiger partial charge in [0.25, 0.3) is 0 Å². The van der Waals surface area contributed by atoms with E-state index < -0.39 is 0 Å². The van der Waals surface area contributed by atoms with Crippen LogP contribution in [0.1, 0.15) is 16.1 Å². The van der Waals surface area contributed by atoms with E-state index >= 15 is 0 Å². The fourth-order valence-corrected chi connectivity index (χ4v) is 1.68. The highest BCUT2D eigenvalue weighted by Gasteiger charge is 2.27. The molecule has 2 heterocycles. The quantitative estimate of drug-likeness (QED) is 0.762. The van der Waals surface area contributed by atoms with Crippen LogP contribution in [-0.2, 0) is 0 Å². The molecule has 0 bridgehead atoms. The van der Waals surface area contributed by atoms with Crippen LogP contribution >= 0.6 is 0 Å². The Balaban J connectivity index is 2.02. The lowest BCUT2D eigenvalue weighted by atomic mass is 10.1. The van der Waals surface area contributed by atoms with Crippen molar-refractivity contribution in [1.29, 1.82) is 0 Å². The van der Waals surface area contributed by atoms with E-state index in [4.69, 9.17) is 9.15 Å². The molecule has 1 aliphatic heterocycles. The van der Waals surface area contributed by atoms with E-state index in [1.54, 1.807) is 12.1 Å². The number of phenolic OH excluding ortho intramolecular Hbond substituents is 1. The number of hydrogen-bond donors (Lipinski definition) is 1. The molecule has 1 aromatic heterocycles. The zero-order valence-corrected chi connectivity index (χ0v) is 8.71. The number of rotatable bonds is 1. The Morgan fingerprint density at radius 1 is 1.24 bits per heavy atom. The van der Waals surface area contributed by atoms with E-state index in [-0.39, 0.29) is 17.3 Å². The van der Waals surface area contributed by atoms with Crippen molar-refractivity contribution < 1.29 is 19.1 Å². The van der Waals surface area contributed by atoms with Crippen LogP contribution in [0.5, 0.6) is 11.5 Å². The Morgan fingerprint density at radius 3 is 2.88 bits per heavy atom. The first-order valence-electron chi connectivity index (χ1n) is 5.05. The number of carbonyl (C=O) groups is 1. The summed E-state index contributed by atoms with van der Waals surface area (Å²) < 4.78 is 10.5. The van der Waals surface area contributed by atoms with E-state index in [1.807, 2.05) is 0 Å². The number of phenols is 1. The number of allylic oxidation sites excluding steroid dienone is 1. The highest BCUT2D eigenvalue weighted by atomic mass is 16.5. The average Bonchev–Trinajstić information content (AvgIpc) is 2.89. The molecule has 0 amide bonds. The lowest BCUT2D eigenvalue weighted by Gasteiger charge is -1.97. The molecule has 84 valence electrons. The van der Waals surface area contributed by atoms with E-state index in [9.17, 15) is 9.90 Å². The predicted octanol–water partition coefficient (Wildman–Crippen LogP) is 2.60. The molecule has 0 aliphatic carbocycles. The Bertz CT molecular complexity index is 608. The molecule has 1 N–H and O–H groups in total. The molecule has 17 heavy (non-hydrogen) atoms. The minimum absolute atomic E-state index is 0.0656. The first kappa shape index (κ1) is 9.72. The maximum absolute atomic E-state index is 11.9. The van der Waals surface area contributed by atoms with Crippen LogP contribution in [-0.4, -0.2) is 10.9 Å². The number of benzene rings is 1.